The van der Waals surface area contributed by atoms with Crippen molar-refractivity contribution in [3.63, 3.8) is 0 Å². The molecule has 3 aromatic rings. The van der Waals surface area contributed by atoms with Gasteiger partial charge in [0.2, 0.25) is 0 Å². The summed E-state index contributed by atoms with van der Waals surface area (Å²) in [5, 5.41) is 3.38. The first kappa shape index (κ1) is 15.2. The van der Waals surface area contributed by atoms with Crippen molar-refractivity contribution >= 4 is 28.9 Å². The van der Waals surface area contributed by atoms with E-state index in [1.165, 1.54) is 0 Å². The van der Waals surface area contributed by atoms with Gasteiger partial charge in [-0.2, -0.15) is 0 Å². The SMILES string of the molecule is Cc1cc(N)ccc1NC(=O)c1ccc(-c2ccccc2Cl)o1. The van der Waals surface area contributed by atoms with Gasteiger partial charge < -0.3 is 15.5 Å². The van der Waals surface area contributed by atoms with E-state index in [9.17, 15) is 4.79 Å². The molecule has 0 bridgehead atoms. The van der Waals surface area contributed by atoms with E-state index in [4.69, 9.17) is 21.8 Å². The summed E-state index contributed by atoms with van der Waals surface area (Å²) in [5.41, 5.74) is 8.69. The highest BCUT2D eigenvalue weighted by Gasteiger charge is 2.14. The number of aryl methyl sites for hydroxylation is 1. The van der Waals surface area contributed by atoms with Gasteiger partial charge in [-0.25, -0.2) is 0 Å². The van der Waals surface area contributed by atoms with Crippen molar-refractivity contribution in [3.05, 3.63) is 70.9 Å². The third kappa shape index (κ3) is 3.22. The summed E-state index contributed by atoms with van der Waals surface area (Å²) in [6, 6.07) is 16.0. The van der Waals surface area contributed by atoms with Crippen LogP contribution in [-0.2, 0) is 0 Å². The molecule has 0 aliphatic carbocycles. The van der Waals surface area contributed by atoms with Crippen LogP contribution in [0.3, 0.4) is 0 Å². The lowest BCUT2D eigenvalue weighted by molar-refractivity contribution is 0.0997. The number of halogens is 1. The van der Waals surface area contributed by atoms with E-state index in [0.29, 0.717) is 22.2 Å². The highest BCUT2D eigenvalue weighted by molar-refractivity contribution is 6.33. The maximum Gasteiger partial charge on any atom is 0.291 e. The molecule has 5 heteroatoms. The quantitative estimate of drug-likeness (QED) is 0.683. The predicted molar refractivity (Wildman–Crippen MR) is 92.7 cm³/mol. The molecule has 23 heavy (non-hydrogen) atoms. The van der Waals surface area contributed by atoms with E-state index >= 15 is 0 Å². The summed E-state index contributed by atoms with van der Waals surface area (Å²) in [4.78, 5) is 12.3. The Morgan fingerprint density at radius 1 is 1.13 bits per heavy atom. The van der Waals surface area contributed by atoms with Crippen LogP contribution < -0.4 is 11.1 Å². The third-order valence-corrected chi connectivity index (χ3v) is 3.80. The second-order valence-electron chi connectivity index (χ2n) is 5.17. The summed E-state index contributed by atoms with van der Waals surface area (Å²) in [7, 11) is 0. The van der Waals surface area contributed by atoms with Crippen LogP contribution in [0, 0.1) is 6.92 Å². The molecule has 0 aliphatic heterocycles. The van der Waals surface area contributed by atoms with Gasteiger partial charge in [-0.05, 0) is 55.0 Å². The van der Waals surface area contributed by atoms with Gasteiger partial charge in [-0.15, -0.1) is 0 Å². The summed E-state index contributed by atoms with van der Waals surface area (Å²) in [6.45, 7) is 1.88. The summed E-state index contributed by atoms with van der Waals surface area (Å²) in [5.74, 6) is 0.446. The zero-order valence-electron chi connectivity index (χ0n) is 12.5. The molecule has 2 aromatic carbocycles. The van der Waals surface area contributed by atoms with E-state index in [1.807, 2.05) is 25.1 Å². The molecule has 0 radical (unpaired) electrons. The van der Waals surface area contributed by atoms with Crippen LogP contribution in [0.25, 0.3) is 11.3 Å². The largest absolute Gasteiger partial charge is 0.451 e. The standard InChI is InChI=1S/C18H15ClN2O2/c1-11-10-12(20)6-7-15(11)21-18(22)17-9-8-16(23-17)13-4-2-3-5-14(13)19/h2-10H,20H2,1H3,(H,21,22). The zero-order chi connectivity index (χ0) is 16.4. The molecular formula is C18H15ClN2O2. The van der Waals surface area contributed by atoms with Crippen molar-refractivity contribution in [2.75, 3.05) is 11.1 Å². The van der Waals surface area contributed by atoms with Crippen LogP contribution in [0.1, 0.15) is 16.1 Å². The number of carbonyl (C=O) groups excluding carboxylic acids is 1. The van der Waals surface area contributed by atoms with Gasteiger partial charge in [0.1, 0.15) is 5.76 Å². The van der Waals surface area contributed by atoms with Crippen LogP contribution in [0.5, 0.6) is 0 Å². The number of nitrogen functional groups attached to an aromatic ring is 1. The first-order valence-electron chi connectivity index (χ1n) is 7.07. The highest BCUT2D eigenvalue weighted by atomic mass is 35.5. The number of nitrogens with two attached hydrogens (primary N) is 1. The van der Waals surface area contributed by atoms with Crippen molar-refractivity contribution in [2.45, 2.75) is 6.92 Å². The second kappa shape index (κ2) is 6.18. The molecule has 0 fully saturated rings. The van der Waals surface area contributed by atoms with Crippen LogP contribution in [0.4, 0.5) is 11.4 Å². The van der Waals surface area contributed by atoms with Crippen molar-refractivity contribution in [2.24, 2.45) is 0 Å². The number of nitrogens with one attached hydrogen (secondary N) is 1. The molecular weight excluding hydrogens is 312 g/mol. The van der Waals surface area contributed by atoms with E-state index in [2.05, 4.69) is 5.32 Å². The lowest BCUT2D eigenvalue weighted by Crippen LogP contribution is -2.11. The third-order valence-electron chi connectivity index (χ3n) is 3.47. The monoisotopic (exact) mass is 326 g/mol. The lowest BCUT2D eigenvalue weighted by Gasteiger charge is -2.07. The highest BCUT2D eigenvalue weighted by Crippen LogP contribution is 2.29. The van der Waals surface area contributed by atoms with Gasteiger partial charge in [-0.1, -0.05) is 23.7 Å². The van der Waals surface area contributed by atoms with E-state index in [1.54, 1.807) is 36.4 Å². The Morgan fingerprint density at radius 3 is 2.65 bits per heavy atom. The average molecular weight is 327 g/mol. The molecule has 0 atom stereocenters. The first-order valence-corrected chi connectivity index (χ1v) is 7.44. The topological polar surface area (TPSA) is 68.3 Å². The van der Waals surface area contributed by atoms with Gasteiger partial charge in [0.25, 0.3) is 5.91 Å². The fourth-order valence-electron chi connectivity index (χ4n) is 2.28. The molecule has 0 saturated carbocycles. The van der Waals surface area contributed by atoms with Crippen molar-refractivity contribution in [1.29, 1.82) is 0 Å². The maximum absolute atomic E-state index is 12.3. The Balaban J connectivity index is 1.83. The molecule has 3 N–H and O–H groups in total. The number of amides is 1. The molecule has 1 heterocycles. The fraction of sp³-hybridized carbons (Fsp3) is 0.0556. The molecule has 1 aromatic heterocycles. The molecule has 1 amide bonds. The van der Waals surface area contributed by atoms with E-state index in [-0.39, 0.29) is 11.7 Å². The van der Waals surface area contributed by atoms with Crippen LogP contribution in [0.2, 0.25) is 5.02 Å². The van der Waals surface area contributed by atoms with Gasteiger partial charge >= 0.3 is 0 Å². The number of rotatable bonds is 3. The van der Waals surface area contributed by atoms with Crippen LogP contribution in [0.15, 0.2) is 59.0 Å². The Labute approximate surface area is 138 Å². The van der Waals surface area contributed by atoms with E-state index in [0.717, 1.165) is 11.1 Å². The molecule has 3 rings (SSSR count). The van der Waals surface area contributed by atoms with Gasteiger partial charge in [0, 0.05) is 16.9 Å². The zero-order valence-corrected chi connectivity index (χ0v) is 13.2. The van der Waals surface area contributed by atoms with Gasteiger partial charge in [0.15, 0.2) is 5.76 Å². The number of hydrogen-bond donors (Lipinski definition) is 2. The van der Waals surface area contributed by atoms with Crippen LogP contribution in [-0.4, -0.2) is 5.91 Å². The minimum atomic E-state index is -0.323. The van der Waals surface area contributed by atoms with Crippen molar-refractivity contribution in [3.8, 4) is 11.3 Å². The van der Waals surface area contributed by atoms with Crippen molar-refractivity contribution < 1.29 is 9.21 Å². The Hall–Kier alpha value is -2.72. The fourth-order valence-corrected chi connectivity index (χ4v) is 2.51. The second-order valence-corrected chi connectivity index (χ2v) is 5.58. The molecule has 0 saturated heterocycles. The van der Waals surface area contributed by atoms with Crippen molar-refractivity contribution in [1.82, 2.24) is 0 Å². The molecule has 0 unspecified atom stereocenters. The number of hydrogen-bond acceptors (Lipinski definition) is 3. The van der Waals surface area contributed by atoms with Crippen LogP contribution >= 0.6 is 11.6 Å². The lowest BCUT2D eigenvalue weighted by atomic mass is 10.2. The molecule has 116 valence electrons. The Morgan fingerprint density at radius 2 is 1.91 bits per heavy atom. The summed E-state index contributed by atoms with van der Waals surface area (Å²) >= 11 is 6.14. The normalized spacial score (nSPS) is 10.5. The number of carbonyl (C=O) groups is 1. The minimum Gasteiger partial charge on any atom is -0.451 e. The number of furan rings is 1. The average Bonchev–Trinajstić information content (AvgIpc) is 3.00. The predicted octanol–water partition coefficient (Wildman–Crippen LogP) is 4.74. The Bertz CT molecular complexity index is 871. The van der Waals surface area contributed by atoms with E-state index < -0.39 is 0 Å². The number of anilines is 2. The van der Waals surface area contributed by atoms with Gasteiger partial charge in [-0.3, -0.25) is 4.79 Å². The molecule has 4 nitrogen and oxygen atoms in total. The summed E-state index contributed by atoms with van der Waals surface area (Å²) in [6.07, 6.45) is 0. The summed E-state index contributed by atoms with van der Waals surface area (Å²) < 4.78 is 5.63. The first-order chi connectivity index (χ1) is 11.0. The smallest absolute Gasteiger partial charge is 0.291 e. The van der Waals surface area contributed by atoms with Gasteiger partial charge in [0.05, 0.1) is 5.02 Å². The molecule has 0 aliphatic rings. The molecule has 0 spiro atoms. The Kier molecular flexibility index (Phi) is 4.08. The maximum atomic E-state index is 12.3. The number of benzene rings is 2. The minimum absolute atomic E-state index is 0.219.